The van der Waals surface area contributed by atoms with E-state index in [1.54, 1.807) is 4.90 Å². The topological polar surface area (TPSA) is 90.2 Å². The molecule has 0 aromatic heterocycles. The molecule has 20 heavy (non-hydrogen) atoms. The third-order valence-electron chi connectivity index (χ3n) is 4.66. The molecule has 0 spiro atoms. The van der Waals surface area contributed by atoms with E-state index in [1.165, 1.54) is 6.08 Å². The summed E-state index contributed by atoms with van der Waals surface area (Å²) in [6.07, 6.45) is -1.06. The Morgan fingerprint density at radius 1 is 1.25 bits per heavy atom. The van der Waals surface area contributed by atoms with Gasteiger partial charge in [0.05, 0.1) is 12.7 Å². The highest BCUT2D eigenvalue weighted by atomic mass is 16.5. The van der Waals surface area contributed by atoms with Gasteiger partial charge in [0.25, 0.3) is 0 Å². The fourth-order valence-electron chi connectivity index (χ4n) is 3.35. The summed E-state index contributed by atoms with van der Waals surface area (Å²) < 4.78 is 5.45. The molecule has 6 nitrogen and oxygen atoms in total. The number of fused-ring (bicyclic) bond motifs is 1. The number of hydrogen-bond donors (Lipinski definition) is 3. The molecule has 2 unspecified atom stereocenters. The van der Waals surface area contributed by atoms with Crippen LogP contribution in [-0.4, -0.2) is 70.7 Å². The van der Waals surface area contributed by atoms with Gasteiger partial charge in [-0.1, -0.05) is 0 Å². The first-order chi connectivity index (χ1) is 9.56. The molecular formula is C14H21NO5. The van der Waals surface area contributed by atoms with E-state index in [-0.39, 0.29) is 12.3 Å². The molecule has 3 N–H and O–H groups in total. The van der Waals surface area contributed by atoms with E-state index in [0.717, 1.165) is 13.0 Å². The van der Waals surface area contributed by atoms with Gasteiger partial charge in [0.15, 0.2) is 0 Å². The first-order valence-corrected chi connectivity index (χ1v) is 7.18. The second kappa shape index (κ2) is 5.44. The first-order valence-electron chi connectivity index (χ1n) is 7.18. The molecule has 5 atom stereocenters. The fourth-order valence-corrected chi connectivity index (χ4v) is 3.35. The Morgan fingerprint density at radius 2 is 2.00 bits per heavy atom. The van der Waals surface area contributed by atoms with Gasteiger partial charge in [0.2, 0.25) is 5.91 Å². The summed E-state index contributed by atoms with van der Waals surface area (Å²) in [5.41, 5.74) is 0.396. The maximum absolute atomic E-state index is 12.5. The van der Waals surface area contributed by atoms with Crippen LogP contribution in [0.4, 0.5) is 0 Å². The Hall–Kier alpha value is -0.950. The number of nitrogens with zero attached hydrogens (tertiary/aromatic N) is 1. The largest absolute Gasteiger partial charge is 0.390 e. The van der Waals surface area contributed by atoms with Crippen LogP contribution < -0.4 is 0 Å². The molecule has 1 aliphatic carbocycles. The van der Waals surface area contributed by atoms with Crippen molar-refractivity contribution in [1.29, 1.82) is 0 Å². The predicted molar refractivity (Wildman–Crippen MR) is 69.7 cm³/mol. The minimum atomic E-state index is -1.21. The minimum absolute atomic E-state index is 0.0954. The van der Waals surface area contributed by atoms with E-state index in [0.29, 0.717) is 37.1 Å². The number of piperidine rings is 1. The number of carbonyl (C=O) groups excluding carboxylic acids is 1. The Kier molecular flexibility index (Phi) is 3.81. The third-order valence-corrected chi connectivity index (χ3v) is 4.66. The van der Waals surface area contributed by atoms with Crippen LogP contribution in [0.2, 0.25) is 0 Å². The highest BCUT2D eigenvalue weighted by molar-refractivity contribution is 5.94. The van der Waals surface area contributed by atoms with Gasteiger partial charge in [-0.25, -0.2) is 0 Å². The van der Waals surface area contributed by atoms with Crippen LogP contribution in [0.25, 0.3) is 0 Å². The van der Waals surface area contributed by atoms with Gasteiger partial charge >= 0.3 is 0 Å². The maximum atomic E-state index is 12.5. The zero-order valence-electron chi connectivity index (χ0n) is 11.3. The average molecular weight is 283 g/mol. The molecule has 0 radical (unpaired) electrons. The number of amides is 1. The van der Waals surface area contributed by atoms with Gasteiger partial charge in [0.1, 0.15) is 12.2 Å². The molecule has 1 amide bonds. The Bertz CT molecular complexity index is 424. The maximum Gasteiger partial charge on any atom is 0.249 e. The van der Waals surface area contributed by atoms with Crippen molar-refractivity contribution < 1.29 is 24.9 Å². The molecule has 2 fully saturated rings. The first kappa shape index (κ1) is 14.0. The normalized spacial score (nSPS) is 41.2. The number of aliphatic hydroxyl groups excluding tert-OH is 3. The van der Waals surface area contributed by atoms with Gasteiger partial charge < -0.3 is 25.0 Å². The molecule has 2 heterocycles. The molecular weight excluding hydrogens is 262 g/mol. The fraction of sp³-hybridized carbons (Fsp3) is 0.786. The van der Waals surface area contributed by atoms with Crippen LogP contribution >= 0.6 is 0 Å². The van der Waals surface area contributed by atoms with Crippen molar-refractivity contribution in [3.05, 3.63) is 11.6 Å². The molecule has 2 saturated heterocycles. The number of rotatable bonds is 1. The highest BCUT2D eigenvalue weighted by Gasteiger charge is 2.38. The minimum Gasteiger partial charge on any atom is -0.390 e. The lowest BCUT2D eigenvalue weighted by Gasteiger charge is -2.36. The van der Waals surface area contributed by atoms with E-state index in [9.17, 15) is 20.1 Å². The van der Waals surface area contributed by atoms with E-state index in [1.807, 2.05) is 0 Å². The lowest BCUT2D eigenvalue weighted by atomic mass is 9.87. The number of ether oxygens (including phenoxy) is 1. The lowest BCUT2D eigenvalue weighted by Crippen LogP contribution is -2.47. The van der Waals surface area contributed by atoms with Crippen molar-refractivity contribution in [2.45, 2.75) is 31.2 Å². The second-order valence-electron chi connectivity index (χ2n) is 6.04. The molecule has 3 rings (SSSR count). The van der Waals surface area contributed by atoms with Gasteiger partial charge in [-0.3, -0.25) is 4.79 Å². The molecule has 0 aromatic carbocycles. The summed E-state index contributed by atoms with van der Waals surface area (Å²) in [5, 5.41) is 28.8. The zero-order chi connectivity index (χ0) is 14.3. The number of aliphatic hydroxyl groups is 3. The summed E-state index contributed by atoms with van der Waals surface area (Å²) >= 11 is 0. The summed E-state index contributed by atoms with van der Waals surface area (Å²) in [5.74, 6) is 0.815. The van der Waals surface area contributed by atoms with E-state index < -0.39 is 18.3 Å². The van der Waals surface area contributed by atoms with Crippen LogP contribution in [0, 0.1) is 11.8 Å². The monoisotopic (exact) mass is 283 g/mol. The van der Waals surface area contributed by atoms with Crippen molar-refractivity contribution >= 4 is 5.91 Å². The summed E-state index contributed by atoms with van der Waals surface area (Å²) in [4.78, 5) is 14.2. The van der Waals surface area contributed by atoms with Crippen molar-refractivity contribution in [3.8, 4) is 0 Å². The molecule has 6 heteroatoms. The Balaban J connectivity index is 1.68. The highest BCUT2D eigenvalue weighted by Crippen LogP contribution is 2.31. The average Bonchev–Trinajstić information content (AvgIpc) is 2.90. The van der Waals surface area contributed by atoms with Gasteiger partial charge in [-0.15, -0.1) is 0 Å². The van der Waals surface area contributed by atoms with E-state index in [4.69, 9.17) is 4.74 Å². The molecule has 2 aliphatic heterocycles. The SMILES string of the molecule is O=C(C1=C[C@@H](O)[C@@H](O)[C@H](O)C1)N1CCC2COCC2C1. The number of likely N-dealkylation sites (tertiary alicyclic amines) is 1. The summed E-state index contributed by atoms with van der Waals surface area (Å²) in [7, 11) is 0. The van der Waals surface area contributed by atoms with E-state index in [2.05, 4.69) is 0 Å². The quantitative estimate of drug-likeness (QED) is 0.568. The van der Waals surface area contributed by atoms with Crippen LogP contribution in [0.15, 0.2) is 11.6 Å². The molecule has 3 aliphatic rings. The van der Waals surface area contributed by atoms with Crippen molar-refractivity contribution in [3.63, 3.8) is 0 Å². The van der Waals surface area contributed by atoms with Crippen molar-refractivity contribution in [2.75, 3.05) is 26.3 Å². The molecule has 0 aromatic rings. The number of carbonyl (C=O) groups is 1. The zero-order valence-corrected chi connectivity index (χ0v) is 11.3. The smallest absolute Gasteiger partial charge is 0.249 e. The predicted octanol–water partition coefficient (Wildman–Crippen LogP) is -1.11. The van der Waals surface area contributed by atoms with Gasteiger partial charge in [-0.05, 0) is 18.4 Å². The molecule has 0 bridgehead atoms. The van der Waals surface area contributed by atoms with Crippen LogP contribution in [0.5, 0.6) is 0 Å². The standard InChI is InChI=1S/C14H21NO5/c16-11-3-9(4-12(17)13(11)18)14(19)15-2-1-8-6-20-7-10(8)5-15/h3,8,10-13,16-18H,1-2,4-7H2/t8?,10?,11-,12-,13-/m1/s1. The van der Waals surface area contributed by atoms with Crippen LogP contribution in [0.3, 0.4) is 0 Å². The second-order valence-corrected chi connectivity index (χ2v) is 6.04. The summed E-state index contributed by atoms with van der Waals surface area (Å²) in [6.45, 7) is 2.86. The van der Waals surface area contributed by atoms with Gasteiger partial charge in [-0.2, -0.15) is 0 Å². The van der Waals surface area contributed by atoms with Crippen molar-refractivity contribution in [1.82, 2.24) is 4.90 Å². The number of hydrogen-bond acceptors (Lipinski definition) is 5. The summed E-state index contributed by atoms with van der Waals surface area (Å²) in [6, 6.07) is 0. The molecule has 0 saturated carbocycles. The Labute approximate surface area is 117 Å². The van der Waals surface area contributed by atoms with E-state index >= 15 is 0 Å². The van der Waals surface area contributed by atoms with Gasteiger partial charge in [0, 0.05) is 37.6 Å². The Morgan fingerprint density at radius 3 is 2.75 bits per heavy atom. The van der Waals surface area contributed by atoms with Crippen LogP contribution in [0.1, 0.15) is 12.8 Å². The molecule has 112 valence electrons. The third kappa shape index (κ3) is 2.48. The van der Waals surface area contributed by atoms with Crippen molar-refractivity contribution in [2.24, 2.45) is 11.8 Å². The van der Waals surface area contributed by atoms with Crippen LogP contribution in [-0.2, 0) is 9.53 Å². The lowest BCUT2D eigenvalue weighted by molar-refractivity contribution is -0.130.